The number of aliphatic imine (C=N–C) groups is 1. The van der Waals surface area contributed by atoms with E-state index in [-0.39, 0.29) is 21.2 Å². The van der Waals surface area contributed by atoms with E-state index >= 15 is 0 Å². The number of pyridine rings is 1. The first kappa shape index (κ1) is 36.5. The van der Waals surface area contributed by atoms with E-state index in [0.717, 1.165) is 0 Å². The number of anilines is 1. The van der Waals surface area contributed by atoms with Crippen LogP contribution in [0.3, 0.4) is 0 Å². The molecule has 244 valence electrons. The number of hydrogen-bond donors (Lipinski definition) is 6. The number of alkyl halides is 6. The van der Waals surface area contributed by atoms with E-state index in [4.69, 9.17) is 23.2 Å². The molecule has 21 heteroatoms. The molecule has 1 aliphatic heterocycles. The summed E-state index contributed by atoms with van der Waals surface area (Å²) in [5, 5.41) is 30.4. The van der Waals surface area contributed by atoms with E-state index in [1.54, 1.807) is 6.07 Å². The van der Waals surface area contributed by atoms with Crippen LogP contribution in [0.2, 0.25) is 10.0 Å². The van der Waals surface area contributed by atoms with Crippen LogP contribution in [0, 0.1) is 0 Å². The molecule has 0 spiro atoms. The van der Waals surface area contributed by atoms with Crippen molar-refractivity contribution in [1.29, 1.82) is 0 Å². The Labute approximate surface area is 258 Å². The largest absolute Gasteiger partial charge is 0.506 e. The Bertz CT molecular complexity index is 1480. The van der Waals surface area contributed by atoms with Crippen LogP contribution in [0.5, 0.6) is 5.75 Å². The quantitative estimate of drug-likeness (QED) is 0.168. The average Bonchev–Trinajstić information content (AvgIpc) is 3.44. The second-order valence-electron chi connectivity index (χ2n) is 8.62. The molecule has 0 saturated carbocycles. The lowest BCUT2D eigenvalue weighted by atomic mass is 10.0. The zero-order valence-corrected chi connectivity index (χ0v) is 23.7. The summed E-state index contributed by atoms with van der Waals surface area (Å²) < 4.78 is 67.0. The van der Waals surface area contributed by atoms with Crippen LogP contribution in [0.25, 0.3) is 0 Å². The maximum absolute atomic E-state index is 12.4. The topological polar surface area (TPSA) is 199 Å². The minimum atomic E-state index is -5.77. The normalized spacial score (nSPS) is 13.3. The van der Waals surface area contributed by atoms with Gasteiger partial charge in [0.1, 0.15) is 5.75 Å². The standard InChI is InChI=1S/C20H20Cl2N6O5.C4F6O2/c21-11-4-13(18(32)14(22)5-11)15(6-17(30)31)28-16(29)9-26-19(33)10-3-12(8-23-7-10)27-20-24-1-2-25-20;5-3(6,7)1(11)2(12)4(8,9)10/h3-5,7-8,15,32H,1-2,6,9H2,(H,26,33)(H,28,29)(H,30,31)(H2,24,25,27);. The molecule has 0 radical (unpaired) electrons. The zero-order chi connectivity index (χ0) is 34.1. The molecule has 1 unspecified atom stereocenters. The highest BCUT2D eigenvalue weighted by Crippen LogP contribution is 2.36. The minimum Gasteiger partial charge on any atom is -0.506 e. The maximum Gasteiger partial charge on any atom is 0.458 e. The smallest absolute Gasteiger partial charge is 0.458 e. The van der Waals surface area contributed by atoms with Crippen LogP contribution in [-0.4, -0.2) is 82.5 Å². The first-order valence-corrected chi connectivity index (χ1v) is 12.8. The minimum absolute atomic E-state index is 0.0426. The van der Waals surface area contributed by atoms with Crippen LogP contribution in [-0.2, 0) is 19.2 Å². The van der Waals surface area contributed by atoms with Gasteiger partial charge in [-0.25, -0.2) is 0 Å². The fraction of sp³-hybridized carbons (Fsp3) is 0.292. The van der Waals surface area contributed by atoms with Crippen molar-refractivity contribution in [2.75, 3.05) is 25.0 Å². The van der Waals surface area contributed by atoms with Gasteiger partial charge in [0.2, 0.25) is 5.91 Å². The maximum atomic E-state index is 12.4. The fourth-order valence-corrected chi connectivity index (χ4v) is 3.79. The number of rotatable bonds is 9. The van der Waals surface area contributed by atoms with Crippen LogP contribution in [0.15, 0.2) is 35.6 Å². The number of phenolic OH excluding ortho intramolecular Hbond substituents is 1. The molecule has 45 heavy (non-hydrogen) atoms. The van der Waals surface area contributed by atoms with Crippen molar-refractivity contribution in [2.45, 2.75) is 24.8 Å². The summed E-state index contributed by atoms with van der Waals surface area (Å²) in [5.41, 5.74) is 0.781. The third kappa shape index (κ3) is 11.4. The molecule has 0 bridgehead atoms. The number of ketones is 2. The molecule has 2 aromatic rings. The Morgan fingerprint density at radius 1 is 0.978 bits per heavy atom. The van der Waals surface area contributed by atoms with Gasteiger partial charge in [-0.1, -0.05) is 23.2 Å². The van der Waals surface area contributed by atoms with Crippen molar-refractivity contribution in [3.05, 3.63) is 51.8 Å². The number of carbonyl (C=O) groups is 5. The summed E-state index contributed by atoms with van der Waals surface area (Å²) in [4.78, 5) is 63.5. The molecule has 1 aliphatic rings. The number of hydrogen-bond acceptors (Lipinski definition) is 10. The van der Waals surface area contributed by atoms with Crippen LogP contribution in [0.1, 0.15) is 28.4 Å². The summed E-state index contributed by atoms with van der Waals surface area (Å²) >= 11 is 11.8. The number of halogens is 8. The van der Waals surface area contributed by atoms with Crippen LogP contribution < -0.4 is 21.3 Å². The number of nitrogens with one attached hydrogen (secondary N) is 4. The van der Waals surface area contributed by atoms with Gasteiger partial charge in [0.25, 0.3) is 5.91 Å². The highest BCUT2D eigenvalue weighted by atomic mass is 35.5. The molecule has 2 amide bonds. The van der Waals surface area contributed by atoms with Gasteiger partial charge in [-0.2, -0.15) is 26.3 Å². The third-order valence-electron chi connectivity index (χ3n) is 5.22. The van der Waals surface area contributed by atoms with Gasteiger partial charge in [-0.05, 0) is 18.2 Å². The van der Waals surface area contributed by atoms with E-state index in [1.165, 1.54) is 24.5 Å². The second-order valence-corrected chi connectivity index (χ2v) is 9.47. The predicted molar refractivity (Wildman–Crippen MR) is 144 cm³/mol. The Kier molecular flexibility index (Phi) is 12.5. The number of aromatic nitrogens is 1. The number of phenols is 1. The van der Waals surface area contributed by atoms with E-state index < -0.39 is 66.5 Å². The molecule has 13 nitrogen and oxygen atoms in total. The summed E-state index contributed by atoms with van der Waals surface area (Å²) in [6.07, 6.45) is -9.23. The molecule has 3 rings (SSSR count). The number of carboxylic acid groups (broad SMARTS) is 1. The molecule has 1 atom stereocenters. The number of guanidine groups is 1. The van der Waals surface area contributed by atoms with E-state index in [9.17, 15) is 60.5 Å². The van der Waals surface area contributed by atoms with Gasteiger partial charge in [-0.15, -0.1) is 0 Å². The fourth-order valence-electron chi connectivity index (χ4n) is 3.28. The number of aromatic hydroxyl groups is 1. The first-order chi connectivity index (χ1) is 20.8. The Hall–Kier alpha value is -4.65. The molecule has 0 fully saturated rings. The van der Waals surface area contributed by atoms with Gasteiger partial charge in [0.05, 0.1) is 48.0 Å². The van der Waals surface area contributed by atoms with Gasteiger partial charge in [0.15, 0.2) is 5.96 Å². The number of Topliss-reactive ketones (excluding diaryl/α,β-unsaturated/α-hetero) is 2. The van der Waals surface area contributed by atoms with Crippen LogP contribution in [0.4, 0.5) is 32.0 Å². The summed E-state index contributed by atoms with van der Waals surface area (Å²) in [6.45, 7) is 0.913. The molecular formula is C24H20Cl2F6N6O7. The monoisotopic (exact) mass is 688 g/mol. The van der Waals surface area contributed by atoms with E-state index in [0.29, 0.717) is 24.7 Å². The second kappa shape index (κ2) is 15.4. The van der Waals surface area contributed by atoms with Crippen molar-refractivity contribution >= 4 is 64.2 Å². The summed E-state index contributed by atoms with van der Waals surface area (Å²) in [7, 11) is 0. The number of amides is 2. The zero-order valence-electron chi connectivity index (χ0n) is 22.1. The molecule has 2 heterocycles. The summed E-state index contributed by atoms with van der Waals surface area (Å²) in [6, 6.07) is 3.01. The number of carbonyl (C=O) groups excluding carboxylic acids is 4. The van der Waals surface area contributed by atoms with Gasteiger partial charge in [0, 0.05) is 23.3 Å². The Morgan fingerprint density at radius 2 is 1.60 bits per heavy atom. The third-order valence-corrected chi connectivity index (χ3v) is 5.72. The van der Waals surface area contributed by atoms with Crippen molar-refractivity contribution in [3.63, 3.8) is 0 Å². The molecular weight excluding hydrogens is 669 g/mol. The molecule has 0 saturated heterocycles. The van der Waals surface area contributed by atoms with E-state index in [2.05, 4.69) is 31.2 Å². The molecule has 1 aromatic carbocycles. The summed E-state index contributed by atoms with van der Waals surface area (Å²) in [5.74, 6) is -9.11. The van der Waals surface area contributed by atoms with Gasteiger partial charge in [-0.3, -0.25) is 33.9 Å². The first-order valence-electron chi connectivity index (χ1n) is 12.0. The van der Waals surface area contributed by atoms with Gasteiger partial charge >= 0.3 is 29.9 Å². The van der Waals surface area contributed by atoms with Crippen molar-refractivity contribution in [2.24, 2.45) is 4.99 Å². The highest BCUT2D eigenvalue weighted by Gasteiger charge is 2.54. The lowest BCUT2D eigenvalue weighted by molar-refractivity contribution is -0.193. The number of carboxylic acids is 1. The van der Waals surface area contributed by atoms with Crippen LogP contribution >= 0.6 is 23.2 Å². The Morgan fingerprint density at radius 3 is 2.13 bits per heavy atom. The highest BCUT2D eigenvalue weighted by molar-refractivity contribution is 6.41. The predicted octanol–water partition coefficient (Wildman–Crippen LogP) is 2.78. The SMILES string of the molecule is O=C(C(=O)C(F)(F)F)C(F)(F)F.O=C(O)CC(NC(=O)CNC(=O)c1cncc(NC2=NCCN2)c1)c1cc(Cl)cc(Cl)c1O. The molecule has 6 N–H and O–H groups in total. The molecule has 1 aromatic heterocycles. The lowest BCUT2D eigenvalue weighted by Gasteiger charge is -2.19. The van der Waals surface area contributed by atoms with E-state index in [1.807, 2.05) is 0 Å². The lowest BCUT2D eigenvalue weighted by Crippen LogP contribution is -2.39. The number of nitrogens with zero attached hydrogens (tertiary/aromatic N) is 2. The number of aliphatic carboxylic acids is 1. The Balaban J connectivity index is 0.000000498. The average molecular weight is 689 g/mol. The van der Waals surface area contributed by atoms with Crippen molar-refractivity contribution < 1.29 is 60.5 Å². The van der Waals surface area contributed by atoms with Crippen molar-refractivity contribution in [3.8, 4) is 5.75 Å². The van der Waals surface area contributed by atoms with Crippen molar-refractivity contribution in [1.82, 2.24) is 20.9 Å². The number of benzene rings is 1. The van der Waals surface area contributed by atoms with Gasteiger partial charge < -0.3 is 31.5 Å². The molecule has 0 aliphatic carbocycles.